The van der Waals surface area contributed by atoms with Crippen molar-refractivity contribution in [2.24, 2.45) is 0 Å². The smallest absolute Gasteiger partial charge is 0.120 e. The van der Waals surface area contributed by atoms with Crippen LogP contribution in [0.15, 0.2) is 109 Å². The van der Waals surface area contributed by atoms with Crippen molar-refractivity contribution in [2.75, 3.05) is 5.32 Å². The number of ether oxygens (including phenoxy) is 1. The van der Waals surface area contributed by atoms with Gasteiger partial charge in [-0.25, -0.2) is 0 Å². The predicted octanol–water partition coefficient (Wildman–Crippen LogP) is 7.27. The van der Waals surface area contributed by atoms with Crippen LogP contribution in [0.25, 0.3) is 0 Å². The molecule has 3 heteroatoms. The molecule has 0 saturated carbocycles. The molecule has 33 heavy (non-hydrogen) atoms. The van der Waals surface area contributed by atoms with Crippen LogP contribution in [-0.2, 0) is 5.54 Å². The molecule has 166 valence electrons. The van der Waals surface area contributed by atoms with Crippen molar-refractivity contribution in [1.82, 2.24) is 0 Å². The third-order valence-electron chi connectivity index (χ3n) is 5.71. The Hall–Kier alpha value is -3.85. The molecule has 4 aromatic rings. The van der Waals surface area contributed by atoms with Crippen LogP contribution in [0.2, 0.25) is 0 Å². The van der Waals surface area contributed by atoms with Gasteiger partial charge in [0.1, 0.15) is 11.3 Å². The van der Waals surface area contributed by atoms with Crippen molar-refractivity contribution < 1.29 is 4.74 Å². The summed E-state index contributed by atoms with van der Waals surface area (Å²) in [6.07, 6.45) is 0.0692. The zero-order valence-corrected chi connectivity index (χ0v) is 19.4. The van der Waals surface area contributed by atoms with Crippen LogP contribution < -0.4 is 10.1 Å². The van der Waals surface area contributed by atoms with E-state index in [0.717, 1.165) is 33.7 Å². The molecule has 0 unspecified atom stereocenters. The van der Waals surface area contributed by atoms with Crippen LogP contribution >= 0.6 is 0 Å². The molecule has 0 radical (unpaired) electrons. The lowest BCUT2D eigenvalue weighted by Gasteiger charge is -2.38. The second kappa shape index (κ2) is 9.74. The van der Waals surface area contributed by atoms with E-state index in [-0.39, 0.29) is 6.10 Å². The monoisotopic (exact) mass is 434 g/mol. The Kier molecular flexibility index (Phi) is 6.60. The van der Waals surface area contributed by atoms with E-state index < -0.39 is 5.54 Å². The van der Waals surface area contributed by atoms with Crippen molar-refractivity contribution in [1.29, 1.82) is 5.41 Å². The minimum Gasteiger partial charge on any atom is -0.491 e. The van der Waals surface area contributed by atoms with Crippen LogP contribution in [0.1, 0.15) is 43.0 Å². The summed E-state index contributed by atoms with van der Waals surface area (Å²) in [5, 5.41) is 12.4. The minimum absolute atomic E-state index is 0.0692. The first kappa shape index (κ1) is 22.3. The van der Waals surface area contributed by atoms with E-state index in [0.29, 0.717) is 5.71 Å². The Bertz CT molecular complexity index is 1110. The van der Waals surface area contributed by atoms with Gasteiger partial charge in [-0.15, -0.1) is 0 Å². The van der Waals surface area contributed by atoms with Gasteiger partial charge in [0.05, 0.1) is 6.10 Å². The van der Waals surface area contributed by atoms with Gasteiger partial charge in [-0.2, -0.15) is 0 Å². The first-order valence-corrected chi connectivity index (χ1v) is 11.3. The molecule has 0 aliphatic heterocycles. The molecular formula is C30H30N2O. The molecule has 0 fully saturated rings. The number of benzene rings is 4. The molecule has 2 N–H and O–H groups in total. The van der Waals surface area contributed by atoms with Crippen molar-refractivity contribution in [2.45, 2.75) is 32.4 Å². The summed E-state index contributed by atoms with van der Waals surface area (Å²) in [6, 6.07) is 37.4. The van der Waals surface area contributed by atoms with E-state index in [9.17, 15) is 0 Å². The van der Waals surface area contributed by atoms with Gasteiger partial charge in [0.15, 0.2) is 0 Å². The fourth-order valence-corrected chi connectivity index (χ4v) is 4.27. The van der Waals surface area contributed by atoms with Crippen molar-refractivity contribution in [3.05, 3.63) is 131 Å². The summed E-state index contributed by atoms with van der Waals surface area (Å²) >= 11 is 0. The van der Waals surface area contributed by atoms with Gasteiger partial charge in [0, 0.05) is 17.0 Å². The molecule has 0 aliphatic rings. The molecule has 0 aliphatic carbocycles. The van der Waals surface area contributed by atoms with Gasteiger partial charge >= 0.3 is 0 Å². The van der Waals surface area contributed by atoms with Crippen molar-refractivity contribution in [3.63, 3.8) is 0 Å². The van der Waals surface area contributed by atoms with E-state index in [1.54, 1.807) is 0 Å². The lowest BCUT2D eigenvalue weighted by atomic mass is 9.76. The van der Waals surface area contributed by atoms with E-state index in [2.05, 4.69) is 78.1 Å². The van der Waals surface area contributed by atoms with Crippen molar-refractivity contribution >= 4 is 11.4 Å². The highest BCUT2D eigenvalue weighted by molar-refractivity contribution is 6.02. The van der Waals surface area contributed by atoms with E-state index in [1.807, 2.05) is 57.2 Å². The second-order valence-corrected chi connectivity index (χ2v) is 8.47. The third-order valence-corrected chi connectivity index (χ3v) is 5.71. The van der Waals surface area contributed by atoms with Gasteiger partial charge in [-0.05, 0) is 55.7 Å². The third kappa shape index (κ3) is 4.68. The van der Waals surface area contributed by atoms with Gasteiger partial charge < -0.3 is 15.5 Å². The Morgan fingerprint density at radius 2 is 1.18 bits per heavy atom. The Morgan fingerprint density at radius 3 is 1.58 bits per heavy atom. The summed E-state index contributed by atoms with van der Waals surface area (Å²) in [5.41, 5.74) is 4.91. The molecule has 3 nitrogen and oxygen atoms in total. The molecule has 4 aromatic carbocycles. The zero-order valence-electron chi connectivity index (χ0n) is 19.4. The summed E-state index contributed by atoms with van der Waals surface area (Å²) in [6.45, 7) is 5.83. The van der Waals surface area contributed by atoms with Gasteiger partial charge in [0.25, 0.3) is 0 Å². The lowest BCUT2D eigenvalue weighted by molar-refractivity contribution is 0.242. The molecule has 0 amide bonds. The molecule has 0 aromatic heterocycles. The summed E-state index contributed by atoms with van der Waals surface area (Å²) in [4.78, 5) is 0. The standard InChI is InChI=1S/C30H30N2O/c1-22(2)33-27-19-20-29(28(21-27)23(3)31)32-30(24-13-7-4-8-14-24,25-15-9-5-10-16-25)26-17-11-6-12-18-26/h4-22,31-32H,1-3H3. The van der Waals surface area contributed by atoms with Gasteiger partial charge in [-0.3, -0.25) is 0 Å². The molecule has 0 heterocycles. The van der Waals surface area contributed by atoms with E-state index in [4.69, 9.17) is 10.1 Å². The Labute approximate surface area is 196 Å². The van der Waals surface area contributed by atoms with Gasteiger partial charge in [-0.1, -0.05) is 91.0 Å². The molecule has 0 saturated heterocycles. The number of anilines is 1. The van der Waals surface area contributed by atoms with Crippen molar-refractivity contribution in [3.8, 4) is 5.75 Å². The largest absolute Gasteiger partial charge is 0.491 e. The number of hydrogen-bond donors (Lipinski definition) is 2. The highest BCUT2D eigenvalue weighted by atomic mass is 16.5. The maximum absolute atomic E-state index is 8.48. The lowest BCUT2D eigenvalue weighted by Crippen LogP contribution is -2.38. The maximum atomic E-state index is 8.48. The fourth-order valence-electron chi connectivity index (χ4n) is 4.27. The first-order chi connectivity index (χ1) is 16.0. The van der Waals surface area contributed by atoms with E-state index in [1.165, 1.54) is 0 Å². The first-order valence-electron chi connectivity index (χ1n) is 11.3. The highest BCUT2D eigenvalue weighted by Crippen LogP contribution is 2.41. The maximum Gasteiger partial charge on any atom is 0.120 e. The quantitative estimate of drug-likeness (QED) is 0.226. The molecule has 0 atom stereocenters. The van der Waals surface area contributed by atoms with Crippen LogP contribution in [0.4, 0.5) is 5.69 Å². The summed E-state index contributed by atoms with van der Waals surface area (Å²) in [7, 11) is 0. The SMILES string of the molecule is CC(=N)c1cc(OC(C)C)ccc1NC(c1ccccc1)(c1ccccc1)c1ccccc1. The normalized spacial score (nSPS) is 11.3. The van der Waals surface area contributed by atoms with Crippen LogP contribution in [-0.4, -0.2) is 11.8 Å². The summed E-state index contributed by atoms with van der Waals surface area (Å²) < 4.78 is 5.92. The average molecular weight is 435 g/mol. The second-order valence-electron chi connectivity index (χ2n) is 8.47. The number of rotatable bonds is 8. The zero-order chi connectivity index (χ0) is 23.3. The summed E-state index contributed by atoms with van der Waals surface area (Å²) in [5.74, 6) is 0.766. The highest BCUT2D eigenvalue weighted by Gasteiger charge is 2.36. The number of nitrogens with one attached hydrogen (secondary N) is 2. The molecule has 0 spiro atoms. The molecule has 4 rings (SSSR count). The predicted molar refractivity (Wildman–Crippen MR) is 138 cm³/mol. The van der Waals surface area contributed by atoms with Crippen LogP contribution in [0, 0.1) is 5.41 Å². The topological polar surface area (TPSA) is 45.1 Å². The average Bonchev–Trinajstić information content (AvgIpc) is 2.84. The Morgan fingerprint density at radius 1 is 0.727 bits per heavy atom. The number of hydrogen-bond acceptors (Lipinski definition) is 3. The van der Waals surface area contributed by atoms with Crippen LogP contribution in [0.3, 0.4) is 0 Å². The van der Waals surface area contributed by atoms with Crippen LogP contribution in [0.5, 0.6) is 5.75 Å². The fraction of sp³-hybridized carbons (Fsp3) is 0.167. The Balaban J connectivity index is 1.96. The van der Waals surface area contributed by atoms with Gasteiger partial charge in [0.2, 0.25) is 0 Å². The molecular weight excluding hydrogens is 404 g/mol. The minimum atomic E-state index is -0.644. The van der Waals surface area contributed by atoms with E-state index >= 15 is 0 Å². The molecule has 0 bridgehead atoms.